The predicted molar refractivity (Wildman–Crippen MR) is 129 cm³/mol. The van der Waals surface area contributed by atoms with E-state index in [1.54, 1.807) is 20.3 Å². The minimum Gasteiger partial charge on any atom is -0.493 e. The highest BCUT2D eigenvalue weighted by atomic mass is 32.1. The lowest BCUT2D eigenvalue weighted by Gasteiger charge is -2.34. The van der Waals surface area contributed by atoms with Crippen LogP contribution in [0.3, 0.4) is 0 Å². The lowest BCUT2D eigenvalue weighted by Crippen LogP contribution is -2.41. The van der Waals surface area contributed by atoms with Gasteiger partial charge >= 0.3 is 0 Å². The number of methoxy groups -OCH3 is 2. The minimum atomic E-state index is -0.238. The molecule has 1 saturated heterocycles. The standard InChI is InChI=1S/C25H33N3O4S/c1-16-13-21(31-2)22(32-3)14-19(16)26-23(29)20-15-33-24(27-20)17-9-11-28(12-10-17)25(30)18-7-5-4-6-8-18/h13-15,17-18H,4-12H2,1-3H3,(H,26,29). The molecule has 1 N–H and O–H groups in total. The fourth-order valence-electron chi connectivity index (χ4n) is 4.84. The molecule has 1 aromatic carbocycles. The Kier molecular flexibility index (Phi) is 7.53. The average Bonchev–Trinajstić information content (AvgIpc) is 3.35. The van der Waals surface area contributed by atoms with E-state index < -0.39 is 0 Å². The number of carbonyl (C=O) groups excluding carboxylic acids is 2. The third-order valence-electron chi connectivity index (χ3n) is 6.84. The lowest BCUT2D eigenvalue weighted by atomic mass is 9.87. The second-order valence-corrected chi connectivity index (χ2v) is 9.87. The maximum atomic E-state index is 12.8. The summed E-state index contributed by atoms with van der Waals surface area (Å²) in [5.74, 6) is 1.82. The van der Waals surface area contributed by atoms with Crippen LogP contribution in [0, 0.1) is 12.8 Å². The van der Waals surface area contributed by atoms with Crippen LogP contribution < -0.4 is 14.8 Å². The summed E-state index contributed by atoms with van der Waals surface area (Å²) < 4.78 is 10.7. The molecule has 2 aliphatic rings. The van der Waals surface area contributed by atoms with Crippen LogP contribution in [0.1, 0.15) is 71.9 Å². The molecule has 2 amide bonds. The van der Waals surface area contributed by atoms with Crippen LogP contribution in [0.2, 0.25) is 0 Å². The number of likely N-dealkylation sites (tertiary alicyclic amines) is 1. The number of anilines is 1. The minimum absolute atomic E-state index is 0.227. The number of aromatic nitrogens is 1. The summed E-state index contributed by atoms with van der Waals surface area (Å²) >= 11 is 1.53. The monoisotopic (exact) mass is 471 g/mol. The van der Waals surface area contributed by atoms with Crippen LogP contribution in [-0.4, -0.2) is 49.0 Å². The van der Waals surface area contributed by atoms with Gasteiger partial charge in [-0.3, -0.25) is 9.59 Å². The molecule has 4 rings (SSSR count). The smallest absolute Gasteiger partial charge is 0.275 e. The number of rotatable bonds is 6. The highest BCUT2D eigenvalue weighted by Gasteiger charge is 2.30. The van der Waals surface area contributed by atoms with Crippen LogP contribution in [0.15, 0.2) is 17.5 Å². The summed E-state index contributed by atoms with van der Waals surface area (Å²) in [7, 11) is 3.16. The predicted octanol–water partition coefficient (Wildman–Crippen LogP) is 5.01. The number of nitrogens with one attached hydrogen (secondary N) is 1. The molecule has 178 valence electrons. The van der Waals surface area contributed by atoms with E-state index in [2.05, 4.69) is 10.3 Å². The van der Waals surface area contributed by atoms with Crippen molar-refractivity contribution in [3.05, 3.63) is 33.8 Å². The number of amides is 2. The zero-order valence-electron chi connectivity index (χ0n) is 19.7. The number of carbonyl (C=O) groups is 2. The van der Waals surface area contributed by atoms with Crippen molar-refractivity contribution in [2.45, 2.75) is 57.8 Å². The number of hydrogen-bond donors (Lipinski definition) is 1. The van der Waals surface area contributed by atoms with Gasteiger partial charge in [0.15, 0.2) is 11.5 Å². The molecule has 2 aromatic rings. The summed E-state index contributed by atoms with van der Waals surface area (Å²) in [6, 6.07) is 3.60. The van der Waals surface area contributed by atoms with Gasteiger partial charge < -0.3 is 19.7 Å². The Morgan fingerprint density at radius 1 is 1.03 bits per heavy atom. The van der Waals surface area contributed by atoms with Gasteiger partial charge in [0.1, 0.15) is 5.69 Å². The molecule has 2 heterocycles. The third-order valence-corrected chi connectivity index (χ3v) is 7.85. The van der Waals surface area contributed by atoms with Crippen molar-refractivity contribution in [2.75, 3.05) is 32.6 Å². The van der Waals surface area contributed by atoms with Crippen LogP contribution >= 0.6 is 11.3 Å². The van der Waals surface area contributed by atoms with E-state index in [-0.39, 0.29) is 11.8 Å². The summed E-state index contributed by atoms with van der Waals surface area (Å²) in [5, 5.41) is 5.74. The maximum absolute atomic E-state index is 12.8. The van der Waals surface area contributed by atoms with Crippen molar-refractivity contribution in [2.24, 2.45) is 5.92 Å². The van der Waals surface area contributed by atoms with Gasteiger partial charge in [-0.15, -0.1) is 11.3 Å². The van der Waals surface area contributed by atoms with Gasteiger partial charge in [0, 0.05) is 42.1 Å². The number of ether oxygens (including phenoxy) is 2. The first kappa shape index (κ1) is 23.5. The SMILES string of the molecule is COc1cc(C)c(NC(=O)c2csc(C3CCN(C(=O)C4CCCCC4)CC3)n2)cc1OC. The first-order chi connectivity index (χ1) is 16.0. The van der Waals surface area contributed by atoms with E-state index in [9.17, 15) is 9.59 Å². The molecule has 8 heteroatoms. The van der Waals surface area contributed by atoms with Crippen molar-refractivity contribution < 1.29 is 19.1 Å². The van der Waals surface area contributed by atoms with Crippen molar-refractivity contribution in [1.82, 2.24) is 9.88 Å². The number of benzene rings is 1. The number of piperidine rings is 1. The molecule has 7 nitrogen and oxygen atoms in total. The first-order valence-corrected chi connectivity index (χ1v) is 12.7. The van der Waals surface area contributed by atoms with Gasteiger partial charge in [-0.05, 0) is 44.2 Å². The topological polar surface area (TPSA) is 80.8 Å². The van der Waals surface area contributed by atoms with Gasteiger partial charge in [-0.2, -0.15) is 0 Å². The molecule has 2 fully saturated rings. The van der Waals surface area contributed by atoms with Crippen molar-refractivity contribution in [1.29, 1.82) is 0 Å². The molecule has 1 aliphatic carbocycles. The molecule has 33 heavy (non-hydrogen) atoms. The van der Waals surface area contributed by atoms with Gasteiger partial charge in [0.2, 0.25) is 5.91 Å². The molecule has 0 spiro atoms. The second-order valence-electron chi connectivity index (χ2n) is 8.98. The molecular formula is C25H33N3O4S. The second kappa shape index (κ2) is 10.5. The number of aryl methyl sites for hydroxylation is 1. The van der Waals surface area contributed by atoms with E-state index in [1.807, 2.05) is 23.3 Å². The molecular weight excluding hydrogens is 438 g/mol. The van der Waals surface area contributed by atoms with Gasteiger partial charge in [0.05, 0.1) is 19.2 Å². The number of nitrogens with zero attached hydrogens (tertiary/aromatic N) is 2. The zero-order valence-corrected chi connectivity index (χ0v) is 20.5. The first-order valence-electron chi connectivity index (χ1n) is 11.8. The fraction of sp³-hybridized carbons (Fsp3) is 0.560. The third kappa shape index (κ3) is 5.32. The van der Waals surface area contributed by atoms with Gasteiger partial charge in [0.25, 0.3) is 5.91 Å². The lowest BCUT2D eigenvalue weighted by molar-refractivity contribution is -0.137. The highest BCUT2D eigenvalue weighted by molar-refractivity contribution is 7.10. The van der Waals surface area contributed by atoms with E-state index >= 15 is 0 Å². The van der Waals surface area contributed by atoms with Crippen LogP contribution in [0.25, 0.3) is 0 Å². The summed E-state index contributed by atoms with van der Waals surface area (Å²) in [6.45, 7) is 3.48. The molecule has 1 aromatic heterocycles. The quantitative estimate of drug-likeness (QED) is 0.641. The van der Waals surface area contributed by atoms with Gasteiger partial charge in [-0.25, -0.2) is 4.98 Å². The summed E-state index contributed by atoms with van der Waals surface area (Å²) in [5.41, 5.74) is 1.97. The zero-order chi connectivity index (χ0) is 23.4. The average molecular weight is 472 g/mol. The molecule has 0 unspecified atom stereocenters. The Bertz CT molecular complexity index is 992. The molecule has 1 aliphatic heterocycles. The number of hydrogen-bond acceptors (Lipinski definition) is 6. The summed E-state index contributed by atoms with van der Waals surface area (Å²) in [4.78, 5) is 32.4. The van der Waals surface area contributed by atoms with Crippen LogP contribution in [0.4, 0.5) is 5.69 Å². The summed E-state index contributed by atoms with van der Waals surface area (Å²) in [6.07, 6.45) is 7.52. The van der Waals surface area contributed by atoms with Crippen LogP contribution in [-0.2, 0) is 4.79 Å². The van der Waals surface area contributed by atoms with E-state index in [0.29, 0.717) is 34.7 Å². The fourth-order valence-corrected chi connectivity index (χ4v) is 5.81. The Morgan fingerprint density at radius 3 is 2.36 bits per heavy atom. The Labute approximate surface area is 199 Å². The number of thiazole rings is 1. The highest BCUT2D eigenvalue weighted by Crippen LogP contribution is 2.35. The Hall–Kier alpha value is -2.61. The van der Waals surface area contributed by atoms with Crippen molar-refractivity contribution in [3.63, 3.8) is 0 Å². The van der Waals surface area contributed by atoms with Crippen molar-refractivity contribution in [3.8, 4) is 11.5 Å². The largest absolute Gasteiger partial charge is 0.493 e. The maximum Gasteiger partial charge on any atom is 0.275 e. The van der Waals surface area contributed by atoms with Gasteiger partial charge in [-0.1, -0.05) is 19.3 Å². The molecule has 0 radical (unpaired) electrons. The Morgan fingerprint density at radius 2 is 1.70 bits per heavy atom. The van der Waals surface area contributed by atoms with E-state index in [4.69, 9.17) is 9.47 Å². The van der Waals surface area contributed by atoms with Crippen molar-refractivity contribution >= 4 is 28.8 Å². The van der Waals surface area contributed by atoms with E-state index in [0.717, 1.165) is 49.3 Å². The molecule has 0 bridgehead atoms. The van der Waals surface area contributed by atoms with Crippen LogP contribution in [0.5, 0.6) is 11.5 Å². The Balaban J connectivity index is 1.35. The van der Waals surface area contributed by atoms with E-state index in [1.165, 1.54) is 30.6 Å². The molecule has 0 atom stereocenters. The normalized spacial score (nSPS) is 17.6. The molecule has 1 saturated carbocycles.